The molecule has 0 aromatic heterocycles. The van der Waals surface area contributed by atoms with Crippen LogP contribution in [0.15, 0.2) is 48.5 Å². The molecular weight excluding hydrogens is 296 g/mol. The molecule has 1 amide bonds. The molecule has 0 saturated carbocycles. The van der Waals surface area contributed by atoms with Crippen LogP contribution in [-0.2, 0) is 4.79 Å². The van der Waals surface area contributed by atoms with Crippen molar-refractivity contribution in [3.8, 4) is 0 Å². The molecule has 0 saturated heterocycles. The van der Waals surface area contributed by atoms with E-state index in [0.29, 0.717) is 0 Å². The Morgan fingerprint density at radius 3 is 2.41 bits per heavy atom. The maximum Gasteiger partial charge on any atom is 0.239 e. The number of carbonyl (C=O) groups excluding carboxylic acids is 1. The van der Waals surface area contributed by atoms with Crippen molar-refractivity contribution in [2.75, 3.05) is 11.9 Å². The molecule has 0 spiro atoms. The quantitative estimate of drug-likeness (QED) is 0.874. The normalized spacial score (nSPS) is 11.2. The monoisotopic (exact) mass is 318 g/mol. The van der Waals surface area contributed by atoms with Gasteiger partial charge in [0, 0.05) is 5.69 Å². The van der Waals surface area contributed by atoms with Gasteiger partial charge in [0.25, 0.3) is 0 Å². The Morgan fingerprint density at radius 2 is 1.77 bits per heavy atom. The van der Waals surface area contributed by atoms with E-state index in [1.165, 1.54) is 11.1 Å². The molecule has 0 fully saturated rings. The fourth-order valence-electron chi connectivity index (χ4n) is 2.42. The highest BCUT2D eigenvalue weighted by Crippen LogP contribution is 2.18. The lowest BCUT2D eigenvalue weighted by Crippen LogP contribution is -2.32. The number of amides is 1. The minimum atomic E-state index is -0.00803. The number of aryl methyl sites for hydroxylation is 2. The van der Waals surface area contributed by atoms with Crippen LogP contribution in [0.2, 0.25) is 0 Å². The zero-order chi connectivity index (χ0) is 15.2. The number of nitrogens with one attached hydrogen (secondary N) is 2. The lowest BCUT2D eigenvalue weighted by atomic mass is 10.0. The molecule has 0 aliphatic carbocycles. The van der Waals surface area contributed by atoms with Crippen LogP contribution in [-0.4, -0.2) is 12.5 Å². The largest absolute Gasteiger partial charge is 0.376 e. The second kappa shape index (κ2) is 8.44. The summed E-state index contributed by atoms with van der Waals surface area (Å²) in [5.41, 5.74) is 4.56. The Kier molecular flexibility index (Phi) is 6.93. The van der Waals surface area contributed by atoms with Crippen LogP contribution in [0.3, 0.4) is 0 Å². The molecular formula is C18H23ClN2O. The van der Waals surface area contributed by atoms with Crippen LogP contribution in [0, 0.1) is 13.8 Å². The second-order valence-electron chi connectivity index (χ2n) is 5.37. The van der Waals surface area contributed by atoms with Crippen LogP contribution in [0.4, 0.5) is 5.69 Å². The van der Waals surface area contributed by atoms with Crippen molar-refractivity contribution in [1.29, 1.82) is 0 Å². The number of carbonyl (C=O) groups is 1. The van der Waals surface area contributed by atoms with Crippen molar-refractivity contribution < 1.29 is 4.79 Å². The minimum absolute atomic E-state index is 0. The summed E-state index contributed by atoms with van der Waals surface area (Å²) in [6.07, 6.45) is 0. The predicted octanol–water partition coefficient (Wildman–Crippen LogP) is 4.01. The zero-order valence-corrected chi connectivity index (χ0v) is 14.0. The molecule has 3 nitrogen and oxygen atoms in total. The fraction of sp³-hybridized carbons (Fsp3) is 0.278. The number of benzene rings is 2. The first-order valence-corrected chi connectivity index (χ1v) is 7.21. The summed E-state index contributed by atoms with van der Waals surface area (Å²) in [7, 11) is 0. The highest BCUT2D eigenvalue weighted by molar-refractivity contribution is 5.85. The average Bonchev–Trinajstić information content (AvgIpc) is 2.46. The summed E-state index contributed by atoms with van der Waals surface area (Å²) in [5, 5.41) is 6.14. The van der Waals surface area contributed by atoms with Gasteiger partial charge in [0.1, 0.15) is 0 Å². The standard InChI is InChI=1S/C18H22N2O.ClH/c1-13-9-10-17(14(2)11-13)15(3)20-18(21)12-19-16-7-5-4-6-8-16;/h4-11,15,19H,12H2,1-3H3,(H,20,21);1H. The van der Waals surface area contributed by atoms with Gasteiger partial charge in [-0.05, 0) is 44.0 Å². The van der Waals surface area contributed by atoms with E-state index in [1.807, 2.05) is 37.3 Å². The number of anilines is 1. The van der Waals surface area contributed by atoms with Gasteiger partial charge in [0.05, 0.1) is 12.6 Å². The molecule has 0 aliphatic rings. The molecule has 0 heterocycles. The first kappa shape index (κ1) is 18.1. The zero-order valence-electron chi connectivity index (χ0n) is 13.2. The van der Waals surface area contributed by atoms with E-state index in [9.17, 15) is 4.79 Å². The number of para-hydroxylation sites is 1. The molecule has 22 heavy (non-hydrogen) atoms. The van der Waals surface area contributed by atoms with Crippen LogP contribution >= 0.6 is 12.4 Å². The predicted molar refractivity (Wildman–Crippen MR) is 94.7 cm³/mol. The molecule has 2 N–H and O–H groups in total. The van der Waals surface area contributed by atoms with Crippen molar-refractivity contribution in [2.45, 2.75) is 26.8 Å². The number of hydrogen-bond donors (Lipinski definition) is 2. The van der Waals surface area contributed by atoms with E-state index < -0.39 is 0 Å². The van der Waals surface area contributed by atoms with Gasteiger partial charge in [0.2, 0.25) is 5.91 Å². The molecule has 0 aliphatic heterocycles. The summed E-state index contributed by atoms with van der Waals surface area (Å²) in [6, 6.07) is 16.0. The third-order valence-electron chi connectivity index (χ3n) is 3.50. The molecule has 0 bridgehead atoms. The van der Waals surface area contributed by atoms with Gasteiger partial charge in [-0.25, -0.2) is 0 Å². The summed E-state index contributed by atoms with van der Waals surface area (Å²) in [5.74, 6) is -0.00803. The van der Waals surface area contributed by atoms with Crippen molar-refractivity contribution in [3.63, 3.8) is 0 Å². The third kappa shape index (κ3) is 5.08. The highest BCUT2D eigenvalue weighted by atomic mass is 35.5. The number of rotatable bonds is 5. The van der Waals surface area contributed by atoms with Gasteiger partial charge in [-0.15, -0.1) is 12.4 Å². The van der Waals surface area contributed by atoms with E-state index in [0.717, 1.165) is 11.3 Å². The van der Waals surface area contributed by atoms with E-state index in [1.54, 1.807) is 0 Å². The number of halogens is 1. The maximum absolute atomic E-state index is 12.0. The van der Waals surface area contributed by atoms with Gasteiger partial charge < -0.3 is 10.6 Å². The summed E-state index contributed by atoms with van der Waals surface area (Å²) in [6.45, 7) is 6.44. The Morgan fingerprint density at radius 1 is 1.09 bits per heavy atom. The molecule has 2 aromatic carbocycles. The average molecular weight is 319 g/mol. The lowest BCUT2D eigenvalue weighted by molar-refractivity contribution is -0.120. The summed E-state index contributed by atoms with van der Waals surface area (Å²) >= 11 is 0. The van der Waals surface area contributed by atoms with Gasteiger partial charge in [0.15, 0.2) is 0 Å². The SMILES string of the molecule is Cc1ccc(C(C)NC(=O)CNc2ccccc2)c(C)c1.Cl. The maximum atomic E-state index is 12.0. The van der Waals surface area contributed by atoms with Gasteiger partial charge in [-0.3, -0.25) is 4.79 Å². The van der Waals surface area contributed by atoms with Crippen LogP contribution in [0.5, 0.6) is 0 Å². The lowest BCUT2D eigenvalue weighted by Gasteiger charge is -2.17. The molecule has 2 aromatic rings. The fourth-order valence-corrected chi connectivity index (χ4v) is 2.42. The van der Waals surface area contributed by atoms with Gasteiger partial charge in [-0.2, -0.15) is 0 Å². The summed E-state index contributed by atoms with van der Waals surface area (Å²) in [4.78, 5) is 12.0. The number of hydrogen-bond acceptors (Lipinski definition) is 2. The van der Waals surface area contributed by atoms with Crippen LogP contribution in [0.25, 0.3) is 0 Å². The van der Waals surface area contributed by atoms with E-state index in [2.05, 4.69) is 42.7 Å². The van der Waals surface area contributed by atoms with E-state index >= 15 is 0 Å². The Labute approximate surface area is 138 Å². The van der Waals surface area contributed by atoms with Gasteiger partial charge in [-0.1, -0.05) is 42.0 Å². The van der Waals surface area contributed by atoms with Gasteiger partial charge >= 0.3 is 0 Å². The molecule has 2 rings (SSSR count). The Hall–Kier alpha value is -2.00. The smallest absolute Gasteiger partial charge is 0.239 e. The van der Waals surface area contributed by atoms with Crippen molar-refractivity contribution >= 4 is 24.0 Å². The Balaban J connectivity index is 0.00000242. The minimum Gasteiger partial charge on any atom is -0.376 e. The molecule has 4 heteroatoms. The molecule has 1 unspecified atom stereocenters. The first-order valence-electron chi connectivity index (χ1n) is 7.21. The first-order chi connectivity index (χ1) is 10.1. The van der Waals surface area contributed by atoms with E-state index in [4.69, 9.17) is 0 Å². The molecule has 1 atom stereocenters. The van der Waals surface area contributed by atoms with E-state index in [-0.39, 0.29) is 30.9 Å². The molecule has 118 valence electrons. The van der Waals surface area contributed by atoms with Crippen molar-refractivity contribution in [3.05, 3.63) is 65.2 Å². The highest BCUT2D eigenvalue weighted by Gasteiger charge is 2.11. The van der Waals surface area contributed by atoms with Crippen LogP contribution in [0.1, 0.15) is 29.7 Å². The van der Waals surface area contributed by atoms with Crippen molar-refractivity contribution in [2.24, 2.45) is 0 Å². The topological polar surface area (TPSA) is 41.1 Å². The Bertz CT molecular complexity index is 614. The van der Waals surface area contributed by atoms with Crippen LogP contribution < -0.4 is 10.6 Å². The third-order valence-corrected chi connectivity index (χ3v) is 3.50. The summed E-state index contributed by atoms with van der Waals surface area (Å²) < 4.78 is 0. The molecule has 0 radical (unpaired) electrons. The van der Waals surface area contributed by atoms with Crippen molar-refractivity contribution in [1.82, 2.24) is 5.32 Å². The second-order valence-corrected chi connectivity index (χ2v) is 5.37.